The number of anilines is 1. The molecule has 0 bridgehead atoms. The van der Waals surface area contributed by atoms with E-state index in [1.54, 1.807) is 12.1 Å². The molecule has 6 heteroatoms. The Balaban J connectivity index is 2.52. The molecule has 0 heterocycles. The van der Waals surface area contributed by atoms with E-state index in [4.69, 9.17) is 10.5 Å². The molecule has 1 aromatic carbocycles. The third-order valence-electron chi connectivity index (χ3n) is 2.06. The zero-order chi connectivity index (χ0) is 13.5. The van der Waals surface area contributed by atoms with Gasteiger partial charge in [-0.15, -0.1) is 0 Å². The molecule has 0 spiro atoms. The minimum Gasteiger partial charge on any atom is -0.452 e. The fourth-order valence-corrected chi connectivity index (χ4v) is 1.77. The number of esters is 1. The number of carbonyl (C=O) groups is 2. The lowest BCUT2D eigenvalue weighted by atomic mass is 10.2. The summed E-state index contributed by atoms with van der Waals surface area (Å²) in [7, 11) is 0. The molecule has 0 aromatic heterocycles. The SMILES string of the molecule is CCCNC(=O)COC(=O)c1cc(N)cc(Br)c1. The number of ether oxygens (including phenoxy) is 1. The Morgan fingerprint density at radius 2 is 2.11 bits per heavy atom. The first kappa shape index (κ1) is 14.5. The Morgan fingerprint density at radius 3 is 2.72 bits per heavy atom. The number of rotatable bonds is 5. The van der Waals surface area contributed by atoms with E-state index in [9.17, 15) is 9.59 Å². The highest BCUT2D eigenvalue weighted by atomic mass is 79.9. The van der Waals surface area contributed by atoms with Gasteiger partial charge in [0.2, 0.25) is 0 Å². The third kappa shape index (κ3) is 4.75. The van der Waals surface area contributed by atoms with Crippen molar-refractivity contribution in [3.05, 3.63) is 28.2 Å². The fourth-order valence-electron chi connectivity index (χ4n) is 1.26. The fraction of sp³-hybridized carbons (Fsp3) is 0.333. The number of benzene rings is 1. The van der Waals surface area contributed by atoms with Crippen molar-refractivity contribution >= 4 is 33.5 Å². The van der Waals surface area contributed by atoms with Crippen molar-refractivity contribution in [2.75, 3.05) is 18.9 Å². The Morgan fingerprint density at radius 1 is 1.39 bits per heavy atom. The topological polar surface area (TPSA) is 81.4 Å². The van der Waals surface area contributed by atoms with Crippen molar-refractivity contribution in [3.63, 3.8) is 0 Å². The van der Waals surface area contributed by atoms with Gasteiger partial charge in [0.25, 0.3) is 5.91 Å². The molecule has 0 fully saturated rings. The maximum absolute atomic E-state index is 11.6. The van der Waals surface area contributed by atoms with Gasteiger partial charge in [0.15, 0.2) is 6.61 Å². The molecule has 0 unspecified atom stereocenters. The number of hydrogen-bond donors (Lipinski definition) is 2. The van der Waals surface area contributed by atoms with Crippen LogP contribution in [0.1, 0.15) is 23.7 Å². The van der Waals surface area contributed by atoms with E-state index in [-0.39, 0.29) is 12.5 Å². The summed E-state index contributed by atoms with van der Waals surface area (Å²) in [6, 6.07) is 4.75. The zero-order valence-corrected chi connectivity index (χ0v) is 11.6. The quantitative estimate of drug-likeness (QED) is 0.640. The smallest absolute Gasteiger partial charge is 0.338 e. The Hall–Kier alpha value is -1.56. The van der Waals surface area contributed by atoms with Crippen molar-refractivity contribution in [3.8, 4) is 0 Å². The number of carbonyl (C=O) groups excluding carboxylic acids is 2. The van der Waals surface area contributed by atoms with E-state index in [2.05, 4.69) is 21.2 Å². The Kier molecular flexibility index (Phi) is 5.64. The van der Waals surface area contributed by atoms with Crippen molar-refractivity contribution < 1.29 is 14.3 Å². The maximum atomic E-state index is 11.6. The van der Waals surface area contributed by atoms with Crippen LogP contribution in [0.3, 0.4) is 0 Å². The van der Waals surface area contributed by atoms with E-state index >= 15 is 0 Å². The largest absolute Gasteiger partial charge is 0.452 e. The molecular weight excluding hydrogens is 300 g/mol. The second-order valence-electron chi connectivity index (χ2n) is 3.70. The molecule has 0 aliphatic carbocycles. The van der Waals surface area contributed by atoms with Crippen LogP contribution in [-0.4, -0.2) is 25.0 Å². The van der Waals surface area contributed by atoms with Crippen LogP contribution in [0.15, 0.2) is 22.7 Å². The van der Waals surface area contributed by atoms with Crippen LogP contribution < -0.4 is 11.1 Å². The molecule has 1 aromatic rings. The first-order chi connectivity index (χ1) is 8.52. The number of amides is 1. The van der Waals surface area contributed by atoms with Gasteiger partial charge >= 0.3 is 5.97 Å². The van der Waals surface area contributed by atoms with Crippen LogP contribution in [0.5, 0.6) is 0 Å². The summed E-state index contributed by atoms with van der Waals surface area (Å²) in [6.07, 6.45) is 0.835. The summed E-state index contributed by atoms with van der Waals surface area (Å²) in [5.74, 6) is -0.886. The molecular formula is C12H15BrN2O3. The lowest BCUT2D eigenvalue weighted by Gasteiger charge is -2.06. The average molecular weight is 315 g/mol. The average Bonchev–Trinajstić information content (AvgIpc) is 2.32. The number of nitrogens with two attached hydrogens (primary N) is 1. The molecule has 5 nitrogen and oxygen atoms in total. The molecule has 0 saturated heterocycles. The van der Waals surface area contributed by atoms with Crippen LogP contribution in [0, 0.1) is 0 Å². The molecule has 0 atom stereocenters. The van der Waals surface area contributed by atoms with Gasteiger partial charge in [-0.05, 0) is 24.6 Å². The summed E-state index contributed by atoms with van der Waals surface area (Å²) in [6.45, 7) is 2.22. The Bertz CT molecular complexity index is 429. The normalized spacial score (nSPS) is 9.89. The van der Waals surface area contributed by atoms with Gasteiger partial charge < -0.3 is 15.8 Å². The predicted molar refractivity (Wildman–Crippen MR) is 72.1 cm³/mol. The van der Waals surface area contributed by atoms with Crippen LogP contribution in [0.25, 0.3) is 0 Å². The maximum Gasteiger partial charge on any atom is 0.338 e. The van der Waals surface area contributed by atoms with Crippen molar-refractivity contribution in [1.82, 2.24) is 5.32 Å². The van der Waals surface area contributed by atoms with Crippen LogP contribution in [0.4, 0.5) is 5.69 Å². The number of nitrogens with one attached hydrogen (secondary N) is 1. The van der Waals surface area contributed by atoms with Crippen molar-refractivity contribution in [2.24, 2.45) is 0 Å². The van der Waals surface area contributed by atoms with E-state index < -0.39 is 5.97 Å². The minimum absolute atomic E-state index is 0.286. The van der Waals surface area contributed by atoms with Gasteiger partial charge in [-0.1, -0.05) is 22.9 Å². The summed E-state index contributed by atoms with van der Waals surface area (Å²) >= 11 is 3.23. The van der Waals surface area contributed by atoms with E-state index in [0.29, 0.717) is 22.3 Å². The summed E-state index contributed by atoms with van der Waals surface area (Å²) in [5, 5.41) is 2.61. The van der Waals surface area contributed by atoms with E-state index in [1.165, 1.54) is 6.07 Å². The number of hydrogen-bond acceptors (Lipinski definition) is 4. The molecule has 1 amide bonds. The molecule has 0 aliphatic rings. The first-order valence-corrected chi connectivity index (χ1v) is 6.32. The zero-order valence-electron chi connectivity index (χ0n) is 10.0. The molecule has 98 valence electrons. The molecule has 0 saturated carbocycles. The highest BCUT2D eigenvalue weighted by Gasteiger charge is 2.11. The Labute approximate surface area is 114 Å². The van der Waals surface area contributed by atoms with Gasteiger partial charge in [0.1, 0.15) is 0 Å². The van der Waals surface area contributed by atoms with E-state index in [0.717, 1.165) is 6.42 Å². The van der Waals surface area contributed by atoms with Crippen molar-refractivity contribution in [1.29, 1.82) is 0 Å². The second kappa shape index (κ2) is 7.00. The van der Waals surface area contributed by atoms with Crippen LogP contribution in [0.2, 0.25) is 0 Å². The second-order valence-corrected chi connectivity index (χ2v) is 4.62. The lowest BCUT2D eigenvalue weighted by molar-refractivity contribution is -0.124. The highest BCUT2D eigenvalue weighted by Crippen LogP contribution is 2.17. The van der Waals surface area contributed by atoms with Gasteiger partial charge in [-0.25, -0.2) is 4.79 Å². The summed E-state index contributed by atoms with van der Waals surface area (Å²) < 4.78 is 5.55. The highest BCUT2D eigenvalue weighted by molar-refractivity contribution is 9.10. The monoisotopic (exact) mass is 314 g/mol. The summed E-state index contributed by atoms with van der Waals surface area (Å²) in [4.78, 5) is 22.9. The van der Waals surface area contributed by atoms with E-state index in [1.807, 2.05) is 6.92 Å². The third-order valence-corrected chi connectivity index (χ3v) is 2.52. The molecule has 3 N–H and O–H groups in total. The molecule has 18 heavy (non-hydrogen) atoms. The van der Waals surface area contributed by atoms with Crippen molar-refractivity contribution in [2.45, 2.75) is 13.3 Å². The molecule has 0 aliphatic heterocycles. The predicted octanol–water partition coefficient (Wildman–Crippen LogP) is 1.71. The minimum atomic E-state index is -0.574. The van der Waals surface area contributed by atoms with Crippen LogP contribution >= 0.6 is 15.9 Å². The van der Waals surface area contributed by atoms with Crippen LogP contribution in [-0.2, 0) is 9.53 Å². The standard InChI is InChI=1S/C12H15BrN2O3/c1-2-3-15-11(16)7-18-12(17)8-4-9(13)6-10(14)5-8/h4-6H,2-3,7,14H2,1H3,(H,15,16). The summed E-state index contributed by atoms with van der Waals surface area (Å²) in [5.41, 5.74) is 6.36. The van der Waals surface area contributed by atoms with Gasteiger partial charge in [0.05, 0.1) is 5.56 Å². The first-order valence-electron chi connectivity index (χ1n) is 5.52. The number of nitrogen functional groups attached to an aromatic ring is 1. The lowest BCUT2D eigenvalue weighted by Crippen LogP contribution is -2.29. The van der Waals surface area contributed by atoms with Gasteiger partial charge in [0, 0.05) is 16.7 Å². The molecule has 1 rings (SSSR count). The van der Waals surface area contributed by atoms with Gasteiger partial charge in [-0.3, -0.25) is 4.79 Å². The molecule has 0 radical (unpaired) electrons. The number of halogens is 1. The van der Waals surface area contributed by atoms with Gasteiger partial charge in [-0.2, -0.15) is 0 Å².